The molecule has 31 heavy (non-hydrogen) atoms. The number of allylic oxidation sites excluding steroid dienone is 1. The lowest BCUT2D eigenvalue weighted by Gasteiger charge is -2.58. The maximum Gasteiger partial charge on any atom is 0.509 e. The Morgan fingerprint density at radius 3 is 2.84 bits per heavy atom. The van der Waals surface area contributed by atoms with Gasteiger partial charge in [0.25, 0.3) is 0 Å². The average molecular weight is 427 g/mol. The van der Waals surface area contributed by atoms with Crippen LogP contribution < -0.4 is 0 Å². The lowest BCUT2D eigenvalue weighted by atomic mass is 9.44. The normalized spacial score (nSPS) is 57.8. The molecule has 7 rings (SSSR count). The summed E-state index contributed by atoms with van der Waals surface area (Å²) in [5.41, 5.74) is 0.0998. The highest BCUT2D eigenvalue weighted by Crippen LogP contribution is 2.83. The molecule has 0 radical (unpaired) electrons. The van der Waals surface area contributed by atoms with Crippen LogP contribution in [0.1, 0.15) is 46.0 Å². The molecule has 166 valence electrons. The van der Waals surface area contributed by atoms with Crippen molar-refractivity contribution in [2.45, 2.75) is 63.3 Å². The SMILES string of the molecule is CON=C[C@@H]1C=C2CC(=O)CC[C@]2(C)[C@@]23O[C@@H]2C[C@@]2(C)C(C13)[C@@H]1C[C@@H]1[C@@]21COC(=O)O1. The number of nitrogens with zero attached hydrogens (tertiary/aromatic N) is 1. The smallest absolute Gasteiger partial charge is 0.430 e. The van der Waals surface area contributed by atoms with Gasteiger partial charge in [-0.1, -0.05) is 30.7 Å². The average Bonchev–Trinajstić information content (AvgIpc) is 3.61. The molecule has 2 aliphatic heterocycles. The number of fused-ring (bicyclic) bond motifs is 7. The quantitative estimate of drug-likeness (QED) is 0.221. The van der Waals surface area contributed by atoms with Gasteiger partial charge in [0, 0.05) is 41.4 Å². The molecule has 2 spiro atoms. The Morgan fingerprint density at radius 1 is 1.26 bits per heavy atom. The molecule has 7 aliphatic rings. The molecule has 5 aliphatic carbocycles. The van der Waals surface area contributed by atoms with Crippen molar-refractivity contribution in [1.29, 1.82) is 0 Å². The van der Waals surface area contributed by atoms with E-state index in [2.05, 4.69) is 25.1 Å². The van der Waals surface area contributed by atoms with E-state index in [-0.39, 0.29) is 34.4 Å². The summed E-state index contributed by atoms with van der Waals surface area (Å²) in [6.07, 6.45) is 7.72. The van der Waals surface area contributed by atoms with Crippen molar-refractivity contribution in [2.75, 3.05) is 13.7 Å². The van der Waals surface area contributed by atoms with E-state index in [9.17, 15) is 9.59 Å². The Morgan fingerprint density at radius 2 is 2.10 bits per heavy atom. The monoisotopic (exact) mass is 427 g/mol. The maximum absolute atomic E-state index is 12.3. The minimum atomic E-state index is -0.534. The second kappa shape index (κ2) is 5.36. The molecular formula is C24H29NO6. The summed E-state index contributed by atoms with van der Waals surface area (Å²) in [6, 6.07) is 0. The van der Waals surface area contributed by atoms with Crippen molar-refractivity contribution < 1.29 is 28.6 Å². The lowest BCUT2D eigenvalue weighted by molar-refractivity contribution is -0.126. The number of hydrogen-bond donors (Lipinski definition) is 0. The van der Waals surface area contributed by atoms with Crippen LogP contribution in [-0.4, -0.2) is 49.2 Å². The van der Waals surface area contributed by atoms with E-state index in [4.69, 9.17) is 19.0 Å². The van der Waals surface area contributed by atoms with Crippen LogP contribution in [0.25, 0.3) is 0 Å². The molecule has 6 fully saturated rings. The van der Waals surface area contributed by atoms with Gasteiger partial charge in [0.15, 0.2) is 5.60 Å². The molecule has 10 atom stereocenters. The Hall–Kier alpha value is -1.89. The number of carbonyl (C=O) groups excluding carboxylic acids is 2. The van der Waals surface area contributed by atoms with Gasteiger partial charge in [-0.3, -0.25) is 4.79 Å². The molecule has 7 heteroatoms. The summed E-state index contributed by atoms with van der Waals surface area (Å²) in [5, 5.41) is 4.17. The number of Topliss-reactive ketones (excluding diaryl/α,β-unsaturated/α-hetero) is 1. The first-order chi connectivity index (χ1) is 14.8. The molecule has 0 amide bonds. The molecule has 2 saturated heterocycles. The zero-order valence-corrected chi connectivity index (χ0v) is 18.3. The van der Waals surface area contributed by atoms with Gasteiger partial charge in [-0.15, -0.1) is 0 Å². The molecule has 0 N–H and O–H groups in total. The largest absolute Gasteiger partial charge is 0.509 e. The molecule has 0 aromatic rings. The standard InChI is InChI=1S/C24H29NO6/c1-21-5-4-14(26)7-13(21)6-12(10-25-28-3)18-19-15-8-16(15)23(11-29-20(27)31-23)22(19,2)9-17-24(18,21)30-17/h6,10,12,15-19H,4-5,7-9,11H2,1-3H3/t12-,15+,16-,17+,18?,19?,21-,22-,23-,24+/m0/s1. The van der Waals surface area contributed by atoms with Crippen LogP contribution in [0.2, 0.25) is 0 Å². The van der Waals surface area contributed by atoms with Crippen molar-refractivity contribution in [2.24, 2.45) is 45.6 Å². The predicted octanol–water partition coefficient (Wildman–Crippen LogP) is 3.27. The minimum absolute atomic E-state index is 0.0398. The molecule has 0 aromatic heterocycles. The Bertz CT molecular complexity index is 975. The molecule has 4 saturated carbocycles. The van der Waals surface area contributed by atoms with Crippen molar-refractivity contribution in [3.8, 4) is 0 Å². The lowest BCUT2D eigenvalue weighted by Crippen LogP contribution is -2.63. The maximum atomic E-state index is 12.3. The van der Waals surface area contributed by atoms with E-state index < -0.39 is 11.8 Å². The molecular weight excluding hydrogens is 398 g/mol. The Kier molecular flexibility index (Phi) is 3.22. The van der Waals surface area contributed by atoms with Crippen LogP contribution in [0.15, 0.2) is 16.8 Å². The van der Waals surface area contributed by atoms with Crippen molar-refractivity contribution in [3.05, 3.63) is 11.6 Å². The predicted molar refractivity (Wildman–Crippen MR) is 108 cm³/mol. The van der Waals surface area contributed by atoms with Gasteiger partial charge < -0.3 is 19.0 Å². The van der Waals surface area contributed by atoms with E-state index in [0.717, 1.165) is 19.3 Å². The highest BCUT2D eigenvalue weighted by atomic mass is 16.8. The fraction of sp³-hybridized carbons (Fsp3) is 0.792. The zero-order chi connectivity index (χ0) is 21.4. The van der Waals surface area contributed by atoms with Crippen molar-refractivity contribution >= 4 is 18.2 Å². The molecule has 2 heterocycles. The number of carbonyl (C=O) groups is 2. The van der Waals surface area contributed by atoms with E-state index in [1.54, 1.807) is 7.11 Å². The first-order valence-corrected chi connectivity index (χ1v) is 11.6. The third-order valence-electron chi connectivity index (χ3n) is 10.5. The number of oxime groups is 1. The third-order valence-corrected chi connectivity index (χ3v) is 10.5. The van der Waals surface area contributed by atoms with Crippen LogP contribution in [0, 0.1) is 40.4 Å². The van der Waals surface area contributed by atoms with E-state index in [0.29, 0.717) is 43.0 Å². The number of epoxide rings is 1. The van der Waals surface area contributed by atoms with Gasteiger partial charge in [0.1, 0.15) is 25.1 Å². The molecule has 2 unspecified atom stereocenters. The summed E-state index contributed by atoms with van der Waals surface area (Å²) in [5.74, 6) is 1.81. The summed E-state index contributed by atoms with van der Waals surface area (Å²) < 4.78 is 18.2. The van der Waals surface area contributed by atoms with Gasteiger partial charge in [0.05, 0.1) is 12.3 Å². The molecule has 0 bridgehead atoms. The highest BCUT2D eigenvalue weighted by Gasteiger charge is 2.88. The second-order valence-electron chi connectivity index (χ2n) is 11.4. The number of ketones is 1. The number of hydrogen-bond acceptors (Lipinski definition) is 7. The second-order valence-corrected chi connectivity index (χ2v) is 11.4. The first-order valence-electron chi connectivity index (χ1n) is 11.6. The number of rotatable bonds is 2. The fourth-order valence-corrected chi connectivity index (χ4v) is 9.19. The van der Waals surface area contributed by atoms with Crippen LogP contribution >= 0.6 is 0 Å². The summed E-state index contributed by atoms with van der Waals surface area (Å²) >= 11 is 0. The Balaban J connectivity index is 1.39. The van der Waals surface area contributed by atoms with Crippen molar-refractivity contribution in [3.63, 3.8) is 0 Å². The number of ether oxygens (including phenoxy) is 3. The van der Waals surface area contributed by atoms with Gasteiger partial charge in [-0.2, -0.15) is 0 Å². The van der Waals surface area contributed by atoms with Gasteiger partial charge >= 0.3 is 6.16 Å². The fourth-order valence-electron chi connectivity index (χ4n) is 9.19. The molecule has 7 nitrogen and oxygen atoms in total. The van der Waals surface area contributed by atoms with E-state index in [1.165, 1.54) is 5.57 Å². The van der Waals surface area contributed by atoms with E-state index in [1.807, 2.05) is 6.21 Å². The minimum Gasteiger partial charge on any atom is -0.430 e. The van der Waals surface area contributed by atoms with Crippen LogP contribution in [0.3, 0.4) is 0 Å². The van der Waals surface area contributed by atoms with Crippen molar-refractivity contribution in [1.82, 2.24) is 0 Å². The zero-order valence-electron chi connectivity index (χ0n) is 18.3. The van der Waals surface area contributed by atoms with Crippen LogP contribution in [0.5, 0.6) is 0 Å². The van der Waals surface area contributed by atoms with Crippen LogP contribution in [-0.2, 0) is 23.8 Å². The highest BCUT2D eigenvalue weighted by molar-refractivity contribution is 5.83. The van der Waals surface area contributed by atoms with Gasteiger partial charge in [-0.25, -0.2) is 4.79 Å². The van der Waals surface area contributed by atoms with Gasteiger partial charge in [0.2, 0.25) is 0 Å². The van der Waals surface area contributed by atoms with E-state index >= 15 is 0 Å². The Labute approximate surface area is 181 Å². The van der Waals surface area contributed by atoms with Crippen LogP contribution in [0.4, 0.5) is 4.79 Å². The summed E-state index contributed by atoms with van der Waals surface area (Å²) in [6.45, 7) is 4.97. The molecule has 0 aromatic carbocycles. The first kappa shape index (κ1) is 18.7. The summed E-state index contributed by atoms with van der Waals surface area (Å²) in [4.78, 5) is 29.5. The summed E-state index contributed by atoms with van der Waals surface area (Å²) in [7, 11) is 1.56. The number of cyclic esters (lactones) is 1. The topological polar surface area (TPSA) is 86.7 Å². The van der Waals surface area contributed by atoms with Gasteiger partial charge in [-0.05, 0) is 31.1 Å². The third kappa shape index (κ3) is 1.87.